The van der Waals surface area contributed by atoms with Crippen molar-refractivity contribution in [3.05, 3.63) is 127 Å². The molecule has 2 heterocycles. The van der Waals surface area contributed by atoms with Crippen LogP contribution in [0.3, 0.4) is 0 Å². The SMILES string of the molecule is Cc1ccc(C(=O)O)cc1-n1c(C)cc(OCc2ccccc2CNC(=O)Nc2cc(C(C)(C)C)nn2-c2ccc(Cl)c(O)c2)c(Cl)c1=O. The van der Waals surface area contributed by atoms with Gasteiger partial charge in [0.05, 0.1) is 27.7 Å². The van der Waals surface area contributed by atoms with Crippen molar-refractivity contribution in [1.29, 1.82) is 0 Å². The Balaban J connectivity index is 1.31. The monoisotopic (exact) mass is 703 g/mol. The molecule has 0 radical (unpaired) electrons. The van der Waals surface area contributed by atoms with E-state index in [9.17, 15) is 24.6 Å². The Morgan fingerprint density at radius 2 is 1.67 bits per heavy atom. The second-order valence-corrected chi connectivity index (χ2v) is 13.3. The summed E-state index contributed by atoms with van der Waals surface area (Å²) in [4.78, 5) is 38.1. The number of phenolic OH excluding ortho intramolecular Hbond substituents is 1. The number of anilines is 1. The Hall–Kier alpha value is -5.26. The zero-order valence-electron chi connectivity index (χ0n) is 27.5. The minimum Gasteiger partial charge on any atom is -0.506 e. The van der Waals surface area contributed by atoms with E-state index < -0.39 is 17.6 Å². The molecule has 0 aliphatic rings. The van der Waals surface area contributed by atoms with E-state index in [0.29, 0.717) is 28.5 Å². The van der Waals surface area contributed by atoms with Crippen molar-refractivity contribution in [2.24, 2.45) is 0 Å². The number of nitrogens with zero attached hydrogens (tertiary/aromatic N) is 3. The van der Waals surface area contributed by atoms with Crippen molar-refractivity contribution in [2.75, 3.05) is 5.32 Å². The molecule has 254 valence electrons. The minimum absolute atomic E-state index is 0.0457. The van der Waals surface area contributed by atoms with Crippen LogP contribution in [0.5, 0.6) is 11.5 Å². The number of carboxylic acid groups (broad SMARTS) is 1. The topological polar surface area (TPSA) is 148 Å². The van der Waals surface area contributed by atoms with E-state index >= 15 is 0 Å². The van der Waals surface area contributed by atoms with E-state index in [1.54, 1.807) is 44.2 Å². The number of aromatic nitrogens is 3. The van der Waals surface area contributed by atoms with Crippen molar-refractivity contribution in [2.45, 2.75) is 53.2 Å². The highest BCUT2D eigenvalue weighted by molar-refractivity contribution is 6.32. The molecular formula is C36H35Cl2N5O6. The van der Waals surface area contributed by atoms with Gasteiger partial charge in [-0.2, -0.15) is 5.10 Å². The number of urea groups is 1. The molecule has 11 nitrogen and oxygen atoms in total. The summed E-state index contributed by atoms with van der Waals surface area (Å²) in [5, 5.41) is 30.0. The molecule has 0 aliphatic heterocycles. The number of hydrogen-bond donors (Lipinski definition) is 4. The smallest absolute Gasteiger partial charge is 0.335 e. The van der Waals surface area contributed by atoms with E-state index in [0.717, 1.165) is 16.8 Å². The molecule has 2 amide bonds. The van der Waals surface area contributed by atoms with E-state index in [-0.39, 0.29) is 45.7 Å². The lowest BCUT2D eigenvalue weighted by molar-refractivity contribution is 0.0696. The summed E-state index contributed by atoms with van der Waals surface area (Å²) >= 11 is 12.5. The van der Waals surface area contributed by atoms with Gasteiger partial charge in [0.1, 0.15) is 28.9 Å². The quantitative estimate of drug-likeness (QED) is 0.124. The number of aryl methyl sites for hydroxylation is 2. The second kappa shape index (κ2) is 14.1. The maximum absolute atomic E-state index is 13.4. The second-order valence-electron chi connectivity index (χ2n) is 12.5. The molecular weight excluding hydrogens is 669 g/mol. The molecule has 0 saturated carbocycles. The van der Waals surface area contributed by atoms with Gasteiger partial charge in [-0.15, -0.1) is 0 Å². The number of pyridine rings is 1. The average Bonchev–Trinajstić information content (AvgIpc) is 3.48. The fourth-order valence-corrected chi connectivity index (χ4v) is 5.41. The van der Waals surface area contributed by atoms with Gasteiger partial charge in [0.15, 0.2) is 0 Å². The van der Waals surface area contributed by atoms with Crippen molar-refractivity contribution in [3.8, 4) is 22.9 Å². The van der Waals surface area contributed by atoms with Gasteiger partial charge in [0, 0.05) is 35.9 Å². The molecule has 13 heteroatoms. The number of hydrogen-bond acceptors (Lipinski definition) is 6. The van der Waals surface area contributed by atoms with Crippen molar-refractivity contribution in [1.82, 2.24) is 19.7 Å². The summed E-state index contributed by atoms with van der Waals surface area (Å²) in [5.41, 5.74) is 3.57. The highest BCUT2D eigenvalue weighted by atomic mass is 35.5. The number of carbonyl (C=O) groups excluding carboxylic acids is 1. The lowest BCUT2D eigenvalue weighted by atomic mass is 9.92. The van der Waals surface area contributed by atoms with Crippen LogP contribution in [0.25, 0.3) is 11.4 Å². The third-order valence-corrected chi connectivity index (χ3v) is 8.50. The highest BCUT2D eigenvalue weighted by Gasteiger charge is 2.22. The molecule has 0 saturated heterocycles. The molecule has 0 unspecified atom stereocenters. The fourth-order valence-electron chi connectivity index (χ4n) is 5.10. The van der Waals surface area contributed by atoms with Gasteiger partial charge in [-0.3, -0.25) is 14.7 Å². The summed E-state index contributed by atoms with van der Waals surface area (Å²) in [5.74, 6) is -0.655. The first-order valence-electron chi connectivity index (χ1n) is 15.2. The Bertz CT molecular complexity index is 2130. The van der Waals surface area contributed by atoms with E-state index in [2.05, 4.69) is 15.7 Å². The number of halogens is 2. The summed E-state index contributed by atoms with van der Waals surface area (Å²) in [7, 11) is 0. The van der Waals surface area contributed by atoms with Gasteiger partial charge in [-0.1, -0.05) is 74.3 Å². The van der Waals surface area contributed by atoms with Crippen LogP contribution in [0.4, 0.5) is 10.6 Å². The zero-order chi connectivity index (χ0) is 35.6. The summed E-state index contributed by atoms with van der Waals surface area (Å²) in [6.07, 6.45) is 0. The number of aromatic hydroxyl groups is 1. The summed E-state index contributed by atoms with van der Waals surface area (Å²) < 4.78 is 8.91. The standard InChI is InChI=1S/C36H35Cl2N5O6/c1-20-10-11-22(34(46)47)15-27(20)42-21(2)14-29(32(38)33(42)45)49-19-24-9-7-6-8-23(24)18-39-35(48)40-31-17-30(36(3,4)5)41-43(31)25-12-13-26(37)28(44)16-25/h6-17,44H,18-19H2,1-5H3,(H,46,47)(H2,39,40,48). The maximum Gasteiger partial charge on any atom is 0.335 e. The Morgan fingerprint density at radius 3 is 2.35 bits per heavy atom. The third kappa shape index (κ3) is 7.74. The lowest BCUT2D eigenvalue weighted by Gasteiger charge is -2.17. The molecule has 0 atom stereocenters. The van der Waals surface area contributed by atoms with Gasteiger partial charge in [-0.25, -0.2) is 14.3 Å². The highest BCUT2D eigenvalue weighted by Crippen LogP contribution is 2.30. The first-order chi connectivity index (χ1) is 23.1. The Morgan fingerprint density at radius 1 is 0.959 bits per heavy atom. The van der Waals surface area contributed by atoms with Crippen LogP contribution in [0.2, 0.25) is 10.0 Å². The molecule has 5 rings (SSSR count). The van der Waals surface area contributed by atoms with Gasteiger partial charge < -0.3 is 20.3 Å². The van der Waals surface area contributed by atoms with Crippen LogP contribution in [0.15, 0.2) is 77.6 Å². The molecule has 0 aliphatic carbocycles. The fraction of sp³-hybridized carbons (Fsp3) is 0.222. The van der Waals surface area contributed by atoms with Crippen molar-refractivity contribution < 1.29 is 24.5 Å². The van der Waals surface area contributed by atoms with Crippen LogP contribution in [-0.2, 0) is 18.6 Å². The average molecular weight is 705 g/mol. The minimum atomic E-state index is -1.11. The molecule has 0 fully saturated rings. The maximum atomic E-state index is 13.4. The number of ether oxygens (including phenoxy) is 1. The van der Waals surface area contributed by atoms with Gasteiger partial charge in [-0.05, 0) is 54.8 Å². The number of nitrogens with one attached hydrogen (secondary N) is 2. The number of benzene rings is 3. The van der Waals surface area contributed by atoms with Gasteiger partial charge >= 0.3 is 12.0 Å². The van der Waals surface area contributed by atoms with Gasteiger partial charge in [0.2, 0.25) is 0 Å². The molecule has 2 aromatic heterocycles. The third-order valence-electron chi connectivity index (χ3n) is 7.83. The van der Waals surface area contributed by atoms with Crippen molar-refractivity contribution in [3.63, 3.8) is 0 Å². The van der Waals surface area contributed by atoms with Crippen LogP contribution in [0, 0.1) is 13.8 Å². The summed E-state index contributed by atoms with van der Waals surface area (Å²) in [6, 6.07) is 19.5. The first-order valence-corrected chi connectivity index (χ1v) is 16.0. The molecule has 0 bridgehead atoms. The molecule has 0 spiro atoms. The Labute approximate surface area is 292 Å². The number of carbonyl (C=O) groups is 2. The van der Waals surface area contributed by atoms with Crippen LogP contribution in [-0.4, -0.2) is 36.6 Å². The number of phenols is 1. The van der Waals surface area contributed by atoms with E-state index in [4.69, 9.17) is 27.9 Å². The predicted molar refractivity (Wildman–Crippen MR) is 189 cm³/mol. The number of amides is 2. The Kier molecular flexibility index (Phi) is 10.1. The van der Waals surface area contributed by atoms with E-state index in [1.807, 2.05) is 45.0 Å². The number of aromatic carboxylic acids is 1. The van der Waals surface area contributed by atoms with Crippen LogP contribution < -0.4 is 20.9 Å². The van der Waals surface area contributed by atoms with Crippen LogP contribution >= 0.6 is 23.2 Å². The predicted octanol–water partition coefficient (Wildman–Crippen LogP) is 7.55. The molecule has 49 heavy (non-hydrogen) atoms. The zero-order valence-corrected chi connectivity index (χ0v) is 29.0. The van der Waals surface area contributed by atoms with E-state index in [1.165, 1.54) is 27.4 Å². The molecule has 4 N–H and O–H groups in total. The largest absolute Gasteiger partial charge is 0.506 e. The van der Waals surface area contributed by atoms with Crippen LogP contribution in [0.1, 0.15) is 59.2 Å². The lowest BCUT2D eigenvalue weighted by Crippen LogP contribution is -2.29. The number of rotatable bonds is 9. The summed E-state index contributed by atoms with van der Waals surface area (Å²) in [6.45, 7) is 9.70. The molecule has 3 aromatic carbocycles. The first kappa shape index (κ1) is 35.1. The number of carboxylic acids is 1. The normalized spacial score (nSPS) is 11.3. The van der Waals surface area contributed by atoms with Gasteiger partial charge in [0.25, 0.3) is 5.56 Å². The molecule has 5 aromatic rings. The van der Waals surface area contributed by atoms with Crippen molar-refractivity contribution >= 4 is 41.0 Å².